The number of aliphatic hydroxyl groups excluding tert-OH is 1. The van der Waals surface area contributed by atoms with E-state index in [0.717, 1.165) is 16.6 Å². The molecule has 0 bridgehead atoms. The second kappa shape index (κ2) is 5.99. The molecule has 0 saturated carbocycles. The zero-order chi connectivity index (χ0) is 15.9. The van der Waals surface area contributed by atoms with Gasteiger partial charge in [-0.05, 0) is 12.5 Å². The van der Waals surface area contributed by atoms with Gasteiger partial charge in [0.2, 0.25) is 5.91 Å². The standard InChI is InChI=1S/C15H16Cl2N2O3/c1-7(20)6-22-11-5-9(16)14(17)15-13(11)8-4-12(21)18-3-2-10(8)19-15/h5,7,19-20H,2-4,6H2,1H3,(H,18,21). The number of aromatic nitrogens is 1. The summed E-state index contributed by atoms with van der Waals surface area (Å²) in [6, 6.07) is 1.63. The van der Waals surface area contributed by atoms with Gasteiger partial charge in [0.25, 0.3) is 0 Å². The average molecular weight is 343 g/mol. The third-order valence-electron chi connectivity index (χ3n) is 3.64. The summed E-state index contributed by atoms with van der Waals surface area (Å²) >= 11 is 12.4. The fourth-order valence-electron chi connectivity index (χ4n) is 2.68. The van der Waals surface area contributed by atoms with Crippen molar-refractivity contribution >= 4 is 40.0 Å². The van der Waals surface area contributed by atoms with E-state index in [2.05, 4.69) is 10.3 Å². The first kappa shape index (κ1) is 15.5. The number of nitrogens with one attached hydrogen (secondary N) is 2. The van der Waals surface area contributed by atoms with Crippen LogP contribution in [0.3, 0.4) is 0 Å². The van der Waals surface area contributed by atoms with Crippen LogP contribution in [-0.4, -0.2) is 35.3 Å². The van der Waals surface area contributed by atoms with Gasteiger partial charge in [-0.1, -0.05) is 23.2 Å². The molecule has 5 nitrogen and oxygen atoms in total. The highest BCUT2D eigenvalue weighted by Crippen LogP contribution is 2.41. The molecule has 2 heterocycles. The van der Waals surface area contributed by atoms with Crippen LogP contribution in [0.5, 0.6) is 5.75 Å². The molecule has 2 aromatic rings. The van der Waals surface area contributed by atoms with E-state index >= 15 is 0 Å². The lowest BCUT2D eigenvalue weighted by Gasteiger charge is -2.12. The van der Waals surface area contributed by atoms with Crippen molar-refractivity contribution in [2.45, 2.75) is 25.9 Å². The van der Waals surface area contributed by atoms with Crippen molar-refractivity contribution in [2.24, 2.45) is 0 Å². The average Bonchev–Trinajstić information content (AvgIpc) is 2.70. The number of benzene rings is 1. The van der Waals surface area contributed by atoms with Crippen LogP contribution in [0.2, 0.25) is 10.0 Å². The Morgan fingerprint density at radius 2 is 2.23 bits per heavy atom. The van der Waals surface area contributed by atoms with E-state index < -0.39 is 6.10 Å². The first-order valence-corrected chi connectivity index (χ1v) is 7.82. The molecule has 1 aromatic carbocycles. The van der Waals surface area contributed by atoms with Crippen LogP contribution in [-0.2, 0) is 17.6 Å². The molecule has 0 spiro atoms. The van der Waals surface area contributed by atoms with Crippen molar-refractivity contribution in [3.8, 4) is 5.75 Å². The summed E-state index contributed by atoms with van der Waals surface area (Å²) < 4.78 is 5.67. The van der Waals surface area contributed by atoms with Crippen LogP contribution in [0.25, 0.3) is 10.9 Å². The molecule has 3 rings (SSSR count). The minimum Gasteiger partial charge on any atom is -0.490 e. The second-order valence-corrected chi connectivity index (χ2v) is 6.22. The maximum absolute atomic E-state index is 11.9. The quantitative estimate of drug-likeness (QED) is 0.801. The van der Waals surface area contributed by atoms with E-state index in [9.17, 15) is 9.90 Å². The fourth-order valence-corrected chi connectivity index (χ4v) is 3.07. The van der Waals surface area contributed by atoms with Crippen molar-refractivity contribution in [1.29, 1.82) is 0 Å². The molecule has 1 amide bonds. The molecular weight excluding hydrogens is 327 g/mol. The number of rotatable bonds is 3. The Hall–Kier alpha value is -1.43. The third-order valence-corrected chi connectivity index (χ3v) is 4.43. The predicted octanol–water partition coefficient (Wildman–Crippen LogP) is 2.45. The molecule has 0 aliphatic carbocycles. The molecule has 3 N–H and O–H groups in total. The largest absolute Gasteiger partial charge is 0.490 e. The number of aromatic amines is 1. The van der Waals surface area contributed by atoms with Crippen molar-refractivity contribution in [3.05, 3.63) is 27.4 Å². The highest BCUT2D eigenvalue weighted by Gasteiger charge is 2.23. The van der Waals surface area contributed by atoms with Gasteiger partial charge in [-0.2, -0.15) is 0 Å². The Balaban J connectivity index is 2.19. The van der Waals surface area contributed by atoms with Gasteiger partial charge in [0.1, 0.15) is 12.4 Å². The molecule has 7 heteroatoms. The molecule has 1 aliphatic heterocycles. The number of fused-ring (bicyclic) bond motifs is 3. The molecule has 22 heavy (non-hydrogen) atoms. The summed E-state index contributed by atoms with van der Waals surface area (Å²) in [6.45, 7) is 2.35. The summed E-state index contributed by atoms with van der Waals surface area (Å²) in [4.78, 5) is 15.1. The SMILES string of the molecule is CC(O)COc1cc(Cl)c(Cl)c2[nH]c3c(c12)CC(=O)NCC3. The van der Waals surface area contributed by atoms with Gasteiger partial charge in [0, 0.05) is 30.1 Å². The Labute approximate surface area is 137 Å². The zero-order valence-electron chi connectivity index (χ0n) is 12.0. The molecule has 1 aromatic heterocycles. The lowest BCUT2D eigenvalue weighted by Crippen LogP contribution is -2.24. The van der Waals surface area contributed by atoms with Crippen molar-refractivity contribution in [1.82, 2.24) is 10.3 Å². The molecule has 0 fully saturated rings. The summed E-state index contributed by atoms with van der Waals surface area (Å²) in [5.74, 6) is 0.490. The second-order valence-electron chi connectivity index (χ2n) is 5.44. The maximum Gasteiger partial charge on any atom is 0.224 e. The van der Waals surface area contributed by atoms with Gasteiger partial charge in [0.05, 0.1) is 28.1 Å². The van der Waals surface area contributed by atoms with Gasteiger partial charge < -0.3 is 20.1 Å². The first-order chi connectivity index (χ1) is 10.5. The van der Waals surface area contributed by atoms with E-state index in [0.29, 0.717) is 34.3 Å². The highest BCUT2D eigenvalue weighted by molar-refractivity contribution is 6.45. The van der Waals surface area contributed by atoms with Gasteiger partial charge >= 0.3 is 0 Å². The van der Waals surface area contributed by atoms with E-state index in [1.54, 1.807) is 13.0 Å². The van der Waals surface area contributed by atoms with E-state index in [1.165, 1.54) is 0 Å². The normalized spacial score (nSPS) is 16.1. The maximum atomic E-state index is 11.9. The number of hydrogen-bond acceptors (Lipinski definition) is 3. The smallest absolute Gasteiger partial charge is 0.224 e. The number of aliphatic hydroxyl groups is 1. The molecule has 1 aliphatic rings. The number of hydrogen-bond donors (Lipinski definition) is 3. The Morgan fingerprint density at radius 1 is 1.45 bits per heavy atom. The van der Waals surface area contributed by atoms with Gasteiger partial charge in [0.15, 0.2) is 0 Å². The van der Waals surface area contributed by atoms with E-state index in [4.69, 9.17) is 27.9 Å². The van der Waals surface area contributed by atoms with E-state index in [-0.39, 0.29) is 18.9 Å². The van der Waals surface area contributed by atoms with Crippen molar-refractivity contribution < 1.29 is 14.6 Å². The van der Waals surface area contributed by atoms with Crippen LogP contribution in [0.15, 0.2) is 6.07 Å². The fraction of sp³-hybridized carbons (Fsp3) is 0.400. The minimum atomic E-state index is -0.606. The number of carbonyl (C=O) groups is 1. The topological polar surface area (TPSA) is 74.3 Å². The van der Waals surface area contributed by atoms with Crippen molar-refractivity contribution in [2.75, 3.05) is 13.2 Å². The lowest BCUT2D eigenvalue weighted by molar-refractivity contribution is -0.120. The number of amides is 1. The van der Waals surface area contributed by atoms with Gasteiger partial charge in [-0.3, -0.25) is 4.79 Å². The molecular formula is C15H16Cl2N2O3. The van der Waals surface area contributed by atoms with Gasteiger partial charge in [-0.15, -0.1) is 0 Å². The molecule has 1 unspecified atom stereocenters. The lowest BCUT2D eigenvalue weighted by atomic mass is 10.1. The van der Waals surface area contributed by atoms with Crippen LogP contribution in [0.1, 0.15) is 18.2 Å². The number of halogens is 2. The molecule has 1 atom stereocenters. The summed E-state index contributed by atoms with van der Waals surface area (Å²) in [7, 11) is 0. The van der Waals surface area contributed by atoms with Crippen LogP contribution in [0.4, 0.5) is 0 Å². The third kappa shape index (κ3) is 2.76. The number of ether oxygens (including phenoxy) is 1. The highest BCUT2D eigenvalue weighted by atomic mass is 35.5. The molecule has 118 valence electrons. The molecule has 0 saturated heterocycles. The number of carbonyl (C=O) groups excluding carboxylic acids is 1. The van der Waals surface area contributed by atoms with Gasteiger partial charge in [-0.25, -0.2) is 0 Å². The summed E-state index contributed by atoms with van der Waals surface area (Å²) in [6.07, 6.45) is 0.350. The Kier molecular flexibility index (Phi) is 4.21. The zero-order valence-corrected chi connectivity index (χ0v) is 13.5. The Morgan fingerprint density at radius 3 is 2.95 bits per heavy atom. The summed E-state index contributed by atoms with van der Waals surface area (Å²) in [5, 5.41) is 13.8. The van der Waals surface area contributed by atoms with Crippen LogP contribution in [0, 0.1) is 0 Å². The van der Waals surface area contributed by atoms with Crippen molar-refractivity contribution in [3.63, 3.8) is 0 Å². The Bertz CT molecular complexity index is 740. The van der Waals surface area contributed by atoms with E-state index in [1.807, 2.05) is 0 Å². The number of H-pyrrole nitrogens is 1. The predicted molar refractivity (Wildman–Crippen MR) is 85.9 cm³/mol. The van der Waals surface area contributed by atoms with Crippen LogP contribution < -0.4 is 10.1 Å². The first-order valence-electron chi connectivity index (χ1n) is 7.06. The minimum absolute atomic E-state index is 0.0350. The molecule has 0 radical (unpaired) electrons. The monoisotopic (exact) mass is 342 g/mol. The summed E-state index contributed by atoms with van der Waals surface area (Å²) in [5.41, 5.74) is 2.51. The van der Waals surface area contributed by atoms with Crippen LogP contribution >= 0.6 is 23.2 Å².